The van der Waals surface area contributed by atoms with Gasteiger partial charge in [-0.05, 0) is 73.5 Å². The predicted octanol–water partition coefficient (Wildman–Crippen LogP) is 6.41. The summed E-state index contributed by atoms with van der Waals surface area (Å²) in [6, 6.07) is 15.7. The summed E-state index contributed by atoms with van der Waals surface area (Å²) < 4.78 is 53.6. The summed E-state index contributed by atoms with van der Waals surface area (Å²) in [7, 11) is 0. The zero-order chi connectivity index (χ0) is 25.2. The van der Waals surface area contributed by atoms with Gasteiger partial charge in [0, 0.05) is 41.8 Å². The van der Waals surface area contributed by atoms with E-state index in [1.807, 2.05) is 31.2 Å². The summed E-state index contributed by atoms with van der Waals surface area (Å²) in [5.74, 6) is 0.126. The maximum Gasteiger partial charge on any atom is 0.150 e. The number of fused-ring (bicyclic) bond motifs is 1. The molecular formula is C29H28F3NO3. The van der Waals surface area contributed by atoms with Crippen LogP contribution < -0.4 is 9.47 Å². The number of phenolic OH excluding ortho intramolecular Hbond substituents is 1. The Bertz CT molecular complexity index is 1280. The molecule has 0 spiro atoms. The van der Waals surface area contributed by atoms with Gasteiger partial charge in [-0.25, -0.2) is 8.78 Å². The molecule has 0 amide bonds. The highest BCUT2D eigenvalue weighted by Gasteiger charge is 2.31. The number of halogens is 3. The predicted molar refractivity (Wildman–Crippen MR) is 133 cm³/mol. The van der Waals surface area contributed by atoms with Crippen LogP contribution in [-0.2, 0) is 0 Å². The van der Waals surface area contributed by atoms with Crippen LogP contribution in [0.2, 0.25) is 0 Å². The quantitative estimate of drug-likeness (QED) is 0.412. The fourth-order valence-electron chi connectivity index (χ4n) is 5.00. The lowest BCUT2D eigenvalue weighted by atomic mass is 9.86. The minimum Gasteiger partial charge on any atom is -0.508 e. The van der Waals surface area contributed by atoms with Crippen molar-refractivity contribution in [2.75, 3.05) is 32.9 Å². The van der Waals surface area contributed by atoms with Crippen molar-refractivity contribution in [1.29, 1.82) is 0 Å². The fourth-order valence-corrected chi connectivity index (χ4v) is 5.00. The number of aromatic hydroxyl groups is 1. The van der Waals surface area contributed by atoms with Gasteiger partial charge in [0.05, 0.1) is 6.67 Å². The highest BCUT2D eigenvalue weighted by Crippen LogP contribution is 2.48. The van der Waals surface area contributed by atoms with E-state index in [1.54, 1.807) is 18.2 Å². The third kappa shape index (κ3) is 4.93. The van der Waals surface area contributed by atoms with Crippen LogP contribution in [0.4, 0.5) is 13.2 Å². The molecule has 1 saturated heterocycles. The number of nitrogens with zero attached hydrogens (tertiary/aromatic N) is 1. The standard InChI is InChI=1S/C29H28F3NO3/c1-18-25-15-22(34)5-9-27(25)36-29(28(18)24-8-4-21(31)14-26(24)32)20-2-6-23(7-3-20)35-13-12-33-11-10-19(16-30)17-33/h2-9,14-15,19,29,34H,10-13,16-17H2,1H3. The van der Waals surface area contributed by atoms with E-state index >= 15 is 0 Å². The van der Waals surface area contributed by atoms with Crippen LogP contribution in [0.5, 0.6) is 17.2 Å². The smallest absolute Gasteiger partial charge is 0.150 e. The van der Waals surface area contributed by atoms with E-state index in [1.165, 1.54) is 12.1 Å². The summed E-state index contributed by atoms with van der Waals surface area (Å²) in [5.41, 5.74) is 2.98. The van der Waals surface area contributed by atoms with Gasteiger partial charge in [0.15, 0.2) is 0 Å². The molecule has 5 rings (SSSR count). The van der Waals surface area contributed by atoms with E-state index in [4.69, 9.17) is 9.47 Å². The highest BCUT2D eigenvalue weighted by molar-refractivity contribution is 5.95. The number of benzene rings is 3. The Kier molecular flexibility index (Phi) is 6.92. The second-order valence-electron chi connectivity index (χ2n) is 9.37. The summed E-state index contributed by atoms with van der Waals surface area (Å²) in [5, 5.41) is 10.00. The van der Waals surface area contributed by atoms with Crippen LogP contribution >= 0.6 is 0 Å². The first-order chi connectivity index (χ1) is 17.4. The maximum atomic E-state index is 14.9. The van der Waals surface area contributed by atoms with Gasteiger partial charge >= 0.3 is 0 Å². The summed E-state index contributed by atoms with van der Waals surface area (Å²) in [4.78, 5) is 2.21. The molecule has 188 valence electrons. The minimum absolute atomic E-state index is 0.0738. The van der Waals surface area contributed by atoms with Crippen LogP contribution in [0.3, 0.4) is 0 Å². The minimum atomic E-state index is -0.682. The normalized spacial score (nSPS) is 19.8. The van der Waals surface area contributed by atoms with Crippen LogP contribution in [0, 0.1) is 17.6 Å². The van der Waals surface area contributed by atoms with Crippen molar-refractivity contribution in [3.8, 4) is 17.2 Å². The zero-order valence-corrected chi connectivity index (χ0v) is 20.0. The highest BCUT2D eigenvalue weighted by atomic mass is 19.1. The SMILES string of the molecule is CC1=C(c2ccc(F)cc2F)C(c2ccc(OCCN3CCC(CF)C3)cc2)Oc2ccc(O)cc21. The Balaban J connectivity index is 1.39. The third-order valence-corrected chi connectivity index (χ3v) is 6.95. The number of likely N-dealkylation sites (tertiary alicyclic amines) is 1. The molecule has 36 heavy (non-hydrogen) atoms. The largest absolute Gasteiger partial charge is 0.508 e. The van der Waals surface area contributed by atoms with E-state index in [0.29, 0.717) is 29.2 Å². The third-order valence-electron chi connectivity index (χ3n) is 6.95. The molecule has 3 aromatic carbocycles. The lowest BCUT2D eigenvalue weighted by Crippen LogP contribution is -2.26. The van der Waals surface area contributed by atoms with Gasteiger partial charge in [0.25, 0.3) is 0 Å². The summed E-state index contributed by atoms with van der Waals surface area (Å²) in [6.07, 6.45) is 0.248. The van der Waals surface area contributed by atoms with Gasteiger partial charge in [-0.2, -0.15) is 0 Å². The Morgan fingerprint density at radius 3 is 2.56 bits per heavy atom. The van der Waals surface area contributed by atoms with Crippen molar-refractivity contribution in [2.24, 2.45) is 5.92 Å². The number of rotatable bonds is 7. The molecule has 1 fully saturated rings. The van der Waals surface area contributed by atoms with Gasteiger partial charge in [-0.3, -0.25) is 9.29 Å². The summed E-state index contributed by atoms with van der Waals surface area (Å²) in [6.45, 7) is 4.47. The average Bonchev–Trinajstić information content (AvgIpc) is 3.33. The first-order valence-electron chi connectivity index (χ1n) is 12.1. The van der Waals surface area contributed by atoms with Crippen molar-refractivity contribution in [2.45, 2.75) is 19.4 Å². The van der Waals surface area contributed by atoms with E-state index < -0.39 is 17.7 Å². The number of allylic oxidation sites excluding steroid dienone is 1. The maximum absolute atomic E-state index is 14.9. The number of phenols is 1. The number of alkyl halides is 1. The van der Waals surface area contributed by atoms with Gasteiger partial charge in [0.2, 0.25) is 0 Å². The average molecular weight is 496 g/mol. The lowest BCUT2D eigenvalue weighted by Gasteiger charge is -2.31. The fraction of sp³-hybridized carbons (Fsp3) is 0.310. The van der Waals surface area contributed by atoms with Crippen LogP contribution in [0.15, 0.2) is 60.7 Å². The first kappa shape index (κ1) is 24.3. The molecule has 2 aliphatic rings. The van der Waals surface area contributed by atoms with Crippen molar-refractivity contribution >= 4 is 11.1 Å². The lowest BCUT2D eigenvalue weighted by molar-refractivity contribution is 0.228. The monoisotopic (exact) mass is 495 g/mol. The van der Waals surface area contributed by atoms with E-state index in [2.05, 4.69) is 4.90 Å². The zero-order valence-electron chi connectivity index (χ0n) is 20.0. The summed E-state index contributed by atoms with van der Waals surface area (Å²) >= 11 is 0. The number of hydrogen-bond acceptors (Lipinski definition) is 4. The Hall–Kier alpha value is -3.45. The van der Waals surface area contributed by atoms with E-state index in [9.17, 15) is 18.3 Å². The Morgan fingerprint density at radius 1 is 1.03 bits per heavy atom. The van der Waals surface area contributed by atoms with Gasteiger partial charge in [0.1, 0.15) is 41.6 Å². The van der Waals surface area contributed by atoms with Gasteiger partial charge in [-0.1, -0.05) is 12.1 Å². The Labute approximate surface area is 208 Å². The molecule has 7 heteroatoms. The number of hydrogen-bond donors (Lipinski definition) is 1. The number of ether oxygens (including phenoxy) is 2. The molecular weight excluding hydrogens is 467 g/mol. The molecule has 2 atom stereocenters. The molecule has 1 N–H and O–H groups in total. The van der Waals surface area contributed by atoms with Gasteiger partial charge in [-0.15, -0.1) is 0 Å². The molecule has 0 aliphatic carbocycles. The molecule has 4 nitrogen and oxygen atoms in total. The first-order valence-corrected chi connectivity index (χ1v) is 12.1. The van der Waals surface area contributed by atoms with Crippen molar-refractivity contribution in [3.63, 3.8) is 0 Å². The van der Waals surface area contributed by atoms with Crippen LogP contribution in [0.1, 0.15) is 36.1 Å². The van der Waals surface area contributed by atoms with E-state index in [-0.39, 0.29) is 23.9 Å². The van der Waals surface area contributed by atoms with Crippen molar-refractivity contribution in [1.82, 2.24) is 4.90 Å². The van der Waals surface area contributed by atoms with Crippen LogP contribution in [-0.4, -0.2) is 42.9 Å². The Morgan fingerprint density at radius 2 is 1.83 bits per heavy atom. The van der Waals surface area contributed by atoms with E-state index in [0.717, 1.165) is 43.3 Å². The second-order valence-corrected chi connectivity index (χ2v) is 9.37. The molecule has 0 saturated carbocycles. The molecule has 2 heterocycles. The van der Waals surface area contributed by atoms with Gasteiger partial charge < -0.3 is 14.6 Å². The second kappa shape index (κ2) is 10.3. The molecule has 0 radical (unpaired) electrons. The molecule has 0 bridgehead atoms. The molecule has 2 aliphatic heterocycles. The molecule has 2 unspecified atom stereocenters. The van der Waals surface area contributed by atoms with Crippen molar-refractivity contribution < 1.29 is 27.8 Å². The molecule has 3 aromatic rings. The molecule has 0 aromatic heterocycles. The van der Waals surface area contributed by atoms with Crippen molar-refractivity contribution in [3.05, 3.63) is 89.0 Å². The van der Waals surface area contributed by atoms with Crippen LogP contribution in [0.25, 0.3) is 11.1 Å². The topological polar surface area (TPSA) is 41.9 Å².